The number of esters is 1. The first kappa shape index (κ1) is 11.0. The molecule has 0 radical (unpaired) electrons. The molecule has 68 valence electrons. The molecule has 0 amide bonds. The molecule has 0 saturated carbocycles. The van der Waals surface area contributed by atoms with E-state index < -0.39 is 0 Å². The smallest absolute Gasteiger partial charge is 0.302 e. The summed E-state index contributed by atoms with van der Waals surface area (Å²) in [6.07, 6.45) is 0. The fraction of sp³-hybridized carbons (Fsp3) is 0.500. The fourth-order valence-electron chi connectivity index (χ4n) is 0.868. The van der Waals surface area contributed by atoms with Gasteiger partial charge in [-0.05, 0) is 26.3 Å². The van der Waals surface area contributed by atoms with Crippen molar-refractivity contribution in [2.24, 2.45) is 0 Å². The number of carbonyl (C=O) groups is 1. The van der Waals surface area contributed by atoms with Crippen molar-refractivity contribution in [3.05, 3.63) is 23.3 Å². The van der Waals surface area contributed by atoms with Gasteiger partial charge >= 0.3 is 5.97 Å². The Morgan fingerprint density at radius 3 is 2.00 bits per heavy atom. The monoisotopic (exact) mass is 168 g/mol. The van der Waals surface area contributed by atoms with Crippen molar-refractivity contribution in [3.63, 3.8) is 0 Å². The molecular formula is C10H16O2. The van der Waals surface area contributed by atoms with E-state index in [4.69, 9.17) is 4.74 Å². The van der Waals surface area contributed by atoms with E-state index in [9.17, 15) is 4.79 Å². The Balaban J connectivity index is 4.28. The molecule has 0 aliphatic carbocycles. The van der Waals surface area contributed by atoms with E-state index in [0.717, 1.165) is 16.7 Å². The number of rotatable bonds is 3. The molecule has 0 unspecified atom stereocenters. The maximum absolute atomic E-state index is 10.5. The van der Waals surface area contributed by atoms with Gasteiger partial charge in [0.2, 0.25) is 0 Å². The Labute approximate surface area is 73.9 Å². The van der Waals surface area contributed by atoms with E-state index >= 15 is 0 Å². The summed E-state index contributed by atoms with van der Waals surface area (Å²) in [7, 11) is 0. The van der Waals surface area contributed by atoms with Gasteiger partial charge < -0.3 is 4.74 Å². The summed E-state index contributed by atoms with van der Waals surface area (Å²) in [5.41, 5.74) is 3.12. The second-order valence-electron chi connectivity index (χ2n) is 3.04. The molecule has 0 fully saturated rings. The molecule has 2 nitrogen and oxygen atoms in total. The van der Waals surface area contributed by atoms with E-state index in [2.05, 4.69) is 6.58 Å². The standard InChI is InChI=1S/C10H16O2/c1-7(2)10(8(3)4)6-12-9(5)11/h1,6H2,2-5H3. The zero-order chi connectivity index (χ0) is 9.72. The highest BCUT2D eigenvalue weighted by atomic mass is 16.5. The topological polar surface area (TPSA) is 26.3 Å². The van der Waals surface area contributed by atoms with Gasteiger partial charge in [-0.1, -0.05) is 17.7 Å². The number of hydrogen-bond acceptors (Lipinski definition) is 2. The van der Waals surface area contributed by atoms with Crippen molar-refractivity contribution < 1.29 is 9.53 Å². The molecule has 0 aliphatic heterocycles. The molecule has 0 saturated heterocycles. The quantitative estimate of drug-likeness (QED) is 0.478. The van der Waals surface area contributed by atoms with Crippen LogP contribution < -0.4 is 0 Å². The molecule has 0 N–H and O–H groups in total. The fourth-order valence-corrected chi connectivity index (χ4v) is 0.868. The third-order valence-corrected chi connectivity index (χ3v) is 1.54. The van der Waals surface area contributed by atoms with Crippen LogP contribution in [0.4, 0.5) is 0 Å². The Hall–Kier alpha value is -1.05. The van der Waals surface area contributed by atoms with Gasteiger partial charge in [0.05, 0.1) is 0 Å². The van der Waals surface area contributed by atoms with Crippen molar-refractivity contribution >= 4 is 5.97 Å². The Morgan fingerprint density at radius 2 is 1.75 bits per heavy atom. The minimum absolute atomic E-state index is 0.255. The number of hydrogen-bond donors (Lipinski definition) is 0. The first-order valence-corrected chi connectivity index (χ1v) is 3.90. The summed E-state index contributed by atoms with van der Waals surface area (Å²) < 4.78 is 4.87. The van der Waals surface area contributed by atoms with Crippen LogP contribution in [0.2, 0.25) is 0 Å². The lowest BCUT2D eigenvalue weighted by Gasteiger charge is -2.08. The van der Waals surface area contributed by atoms with E-state index in [1.165, 1.54) is 6.92 Å². The third-order valence-electron chi connectivity index (χ3n) is 1.54. The van der Waals surface area contributed by atoms with Crippen molar-refractivity contribution in [2.45, 2.75) is 27.7 Å². The maximum atomic E-state index is 10.5. The third kappa shape index (κ3) is 3.96. The van der Waals surface area contributed by atoms with Gasteiger partial charge in [0.25, 0.3) is 0 Å². The second kappa shape index (κ2) is 4.75. The number of allylic oxidation sites excluding steroid dienone is 1. The predicted molar refractivity (Wildman–Crippen MR) is 49.8 cm³/mol. The van der Waals surface area contributed by atoms with Crippen molar-refractivity contribution in [1.82, 2.24) is 0 Å². The Kier molecular flexibility index (Phi) is 4.34. The van der Waals surface area contributed by atoms with E-state index in [-0.39, 0.29) is 5.97 Å². The summed E-state index contributed by atoms with van der Waals surface area (Å²) in [6, 6.07) is 0. The van der Waals surface area contributed by atoms with Crippen LogP contribution in [0.5, 0.6) is 0 Å². The molecule has 0 aromatic carbocycles. The summed E-state index contributed by atoms with van der Waals surface area (Å²) in [5, 5.41) is 0. The van der Waals surface area contributed by atoms with Gasteiger partial charge in [0, 0.05) is 6.92 Å². The van der Waals surface area contributed by atoms with Crippen LogP contribution in [-0.2, 0) is 9.53 Å². The summed E-state index contributed by atoms with van der Waals surface area (Å²) in [5.74, 6) is -0.255. The molecular weight excluding hydrogens is 152 g/mol. The van der Waals surface area contributed by atoms with E-state index in [0.29, 0.717) is 6.61 Å². The number of carbonyl (C=O) groups excluding carboxylic acids is 1. The summed E-state index contributed by atoms with van der Waals surface area (Å²) in [4.78, 5) is 10.5. The highest BCUT2D eigenvalue weighted by Gasteiger charge is 2.02. The Bertz CT molecular complexity index is 220. The number of ether oxygens (including phenoxy) is 1. The van der Waals surface area contributed by atoms with Crippen LogP contribution in [0.3, 0.4) is 0 Å². The highest BCUT2D eigenvalue weighted by Crippen LogP contribution is 2.12. The lowest BCUT2D eigenvalue weighted by atomic mass is 10.1. The van der Waals surface area contributed by atoms with Gasteiger partial charge in [-0.2, -0.15) is 0 Å². The van der Waals surface area contributed by atoms with Crippen molar-refractivity contribution in [3.8, 4) is 0 Å². The average molecular weight is 168 g/mol. The largest absolute Gasteiger partial charge is 0.461 e. The normalized spacial score (nSPS) is 9.00. The van der Waals surface area contributed by atoms with Crippen molar-refractivity contribution in [1.29, 1.82) is 0 Å². The molecule has 0 aromatic rings. The molecule has 0 aromatic heterocycles. The molecule has 0 bridgehead atoms. The summed E-state index contributed by atoms with van der Waals surface area (Å²) >= 11 is 0. The van der Waals surface area contributed by atoms with Crippen LogP contribution in [0.25, 0.3) is 0 Å². The lowest BCUT2D eigenvalue weighted by Crippen LogP contribution is -2.05. The molecule has 0 aliphatic rings. The van der Waals surface area contributed by atoms with Crippen LogP contribution in [0.15, 0.2) is 23.3 Å². The molecule has 2 heteroatoms. The van der Waals surface area contributed by atoms with Crippen LogP contribution >= 0.6 is 0 Å². The van der Waals surface area contributed by atoms with Gasteiger partial charge in [-0.3, -0.25) is 4.79 Å². The predicted octanol–water partition coefficient (Wildman–Crippen LogP) is 2.46. The van der Waals surface area contributed by atoms with Crippen LogP contribution in [0.1, 0.15) is 27.7 Å². The van der Waals surface area contributed by atoms with Gasteiger partial charge in [0.1, 0.15) is 6.61 Å². The van der Waals surface area contributed by atoms with Crippen molar-refractivity contribution in [2.75, 3.05) is 6.61 Å². The molecule has 0 atom stereocenters. The van der Waals surface area contributed by atoms with Crippen LogP contribution in [-0.4, -0.2) is 12.6 Å². The van der Waals surface area contributed by atoms with Gasteiger partial charge in [-0.25, -0.2) is 0 Å². The highest BCUT2D eigenvalue weighted by molar-refractivity contribution is 5.66. The minimum Gasteiger partial charge on any atom is -0.461 e. The molecule has 0 heterocycles. The van der Waals surface area contributed by atoms with Gasteiger partial charge in [0.15, 0.2) is 0 Å². The maximum Gasteiger partial charge on any atom is 0.302 e. The summed E-state index contributed by atoms with van der Waals surface area (Å²) in [6.45, 7) is 11.4. The SMILES string of the molecule is C=C(C)C(COC(C)=O)=C(C)C. The zero-order valence-corrected chi connectivity index (χ0v) is 8.23. The second-order valence-corrected chi connectivity index (χ2v) is 3.04. The minimum atomic E-state index is -0.255. The molecule has 0 rings (SSSR count). The van der Waals surface area contributed by atoms with Crippen LogP contribution in [0, 0.1) is 0 Å². The van der Waals surface area contributed by atoms with Gasteiger partial charge in [-0.15, -0.1) is 0 Å². The average Bonchev–Trinajstić information content (AvgIpc) is 1.84. The first-order valence-electron chi connectivity index (χ1n) is 3.90. The first-order chi connectivity index (χ1) is 5.45. The molecule has 0 spiro atoms. The Morgan fingerprint density at radius 1 is 1.25 bits per heavy atom. The van der Waals surface area contributed by atoms with E-state index in [1.54, 1.807) is 0 Å². The lowest BCUT2D eigenvalue weighted by molar-refractivity contribution is -0.139. The zero-order valence-electron chi connectivity index (χ0n) is 8.23. The molecule has 12 heavy (non-hydrogen) atoms. The van der Waals surface area contributed by atoms with E-state index in [1.807, 2.05) is 20.8 Å².